The highest BCUT2D eigenvalue weighted by Crippen LogP contribution is 2.22. The summed E-state index contributed by atoms with van der Waals surface area (Å²) in [6.45, 7) is 2.83. The molecule has 0 unspecified atom stereocenters. The Balaban J connectivity index is 2.84. The van der Waals surface area contributed by atoms with Crippen molar-refractivity contribution in [1.82, 2.24) is 4.98 Å². The van der Waals surface area contributed by atoms with Crippen molar-refractivity contribution in [3.63, 3.8) is 0 Å². The van der Waals surface area contributed by atoms with Gasteiger partial charge in [0.15, 0.2) is 0 Å². The molecule has 2 N–H and O–H groups in total. The Labute approximate surface area is 88.8 Å². The largest absolute Gasteiger partial charge is 0.478 e. The van der Waals surface area contributed by atoms with Crippen LogP contribution in [0.4, 0.5) is 5.69 Å². The van der Waals surface area contributed by atoms with Gasteiger partial charge in [0, 0.05) is 11.9 Å². The molecule has 0 aromatic carbocycles. The lowest BCUT2D eigenvalue weighted by atomic mass is 10.2. The van der Waals surface area contributed by atoms with Crippen LogP contribution in [-0.4, -0.2) is 17.5 Å². The van der Waals surface area contributed by atoms with Crippen LogP contribution >= 0.6 is 12.6 Å². The Hall–Kier alpha value is -0.940. The van der Waals surface area contributed by atoms with Crippen LogP contribution in [-0.2, 0) is 11.3 Å². The van der Waals surface area contributed by atoms with E-state index in [0.717, 1.165) is 5.56 Å². The molecule has 0 bridgehead atoms. The summed E-state index contributed by atoms with van der Waals surface area (Å²) in [6, 6.07) is 1.72. The smallest absolute Gasteiger partial charge is 0.220 e. The van der Waals surface area contributed by atoms with Gasteiger partial charge in [-0.25, -0.2) is 4.98 Å². The lowest BCUT2D eigenvalue weighted by Crippen LogP contribution is -2.04. The van der Waals surface area contributed by atoms with Gasteiger partial charge >= 0.3 is 0 Å². The third-order valence-corrected chi connectivity index (χ3v) is 1.85. The van der Waals surface area contributed by atoms with Gasteiger partial charge in [-0.05, 0) is 13.0 Å². The van der Waals surface area contributed by atoms with Crippen molar-refractivity contribution in [1.29, 1.82) is 0 Å². The Bertz CT molecular complexity index is 294. The van der Waals surface area contributed by atoms with E-state index in [2.05, 4.69) is 17.6 Å². The first-order valence-electron chi connectivity index (χ1n) is 4.34. The second kappa shape index (κ2) is 5.72. The van der Waals surface area contributed by atoms with Crippen LogP contribution in [0.25, 0.3) is 0 Å². The van der Waals surface area contributed by atoms with Crippen LogP contribution in [0, 0.1) is 0 Å². The Morgan fingerprint density at radius 3 is 3.00 bits per heavy atom. The van der Waals surface area contributed by atoms with Gasteiger partial charge in [-0.15, -0.1) is 0 Å². The summed E-state index contributed by atoms with van der Waals surface area (Å²) < 4.78 is 10.5. The van der Waals surface area contributed by atoms with E-state index in [1.807, 2.05) is 6.92 Å². The highest BCUT2D eigenvalue weighted by Gasteiger charge is 2.08. The zero-order chi connectivity index (χ0) is 10.4. The summed E-state index contributed by atoms with van der Waals surface area (Å²) in [5.74, 6) is 0.883. The van der Waals surface area contributed by atoms with Gasteiger partial charge in [0.25, 0.3) is 0 Å². The summed E-state index contributed by atoms with van der Waals surface area (Å²) in [5, 5.41) is 0. The SMILES string of the molecule is CCOc1nccc(N)c1COCS. The fourth-order valence-electron chi connectivity index (χ4n) is 1.04. The van der Waals surface area contributed by atoms with Crippen LogP contribution in [0.5, 0.6) is 5.88 Å². The molecule has 1 aromatic heterocycles. The van der Waals surface area contributed by atoms with E-state index in [9.17, 15) is 0 Å². The zero-order valence-corrected chi connectivity index (χ0v) is 8.96. The molecule has 0 fully saturated rings. The minimum absolute atomic E-state index is 0.347. The van der Waals surface area contributed by atoms with E-state index >= 15 is 0 Å². The second-order valence-electron chi connectivity index (χ2n) is 2.59. The van der Waals surface area contributed by atoms with Crippen LogP contribution in [0.2, 0.25) is 0 Å². The minimum Gasteiger partial charge on any atom is -0.478 e. The van der Waals surface area contributed by atoms with Gasteiger partial charge in [0.2, 0.25) is 5.88 Å². The van der Waals surface area contributed by atoms with E-state index in [1.165, 1.54) is 0 Å². The molecule has 1 rings (SSSR count). The average molecular weight is 214 g/mol. The van der Waals surface area contributed by atoms with Gasteiger partial charge < -0.3 is 15.2 Å². The first-order valence-corrected chi connectivity index (χ1v) is 4.97. The first-order chi connectivity index (χ1) is 6.79. The highest BCUT2D eigenvalue weighted by molar-refractivity contribution is 7.80. The molecule has 5 heteroatoms. The molecule has 0 amide bonds. The van der Waals surface area contributed by atoms with Crippen LogP contribution < -0.4 is 10.5 Å². The molecule has 1 heterocycles. The third kappa shape index (κ3) is 2.78. The van der Waals surface area contributed by atoms with E-state index in [0.29, 0.717) is 30.7 Å². The number of pyridine rings is 1. The van der Waals surface area contributed by atoms with Crippen molar-refractivity contribution in [3.8, 4) is 5.88 Å². The van der Waals surface area contributed by atoms with Crippen molar-refractivity contribution in [2.45, 2.75) is 13.5 Å². The average Bonchev–Trinajstić information content (AvgIpc) is 2.18. The predicted octanol–water partition coefficient (Wildman–Crippen LogP) is 1.47. The molecule has 0 saturated heterocycles. The Morgan fingerprint density at radius 1 is 1.57 bits per heavy atom. The third-order valence-electron chi connectivity index (χ3n) is 1.67. The monoisotopic (exact) mass is 214 g/mol. The summed E-state index contributed by atoms with van der Waals surface area (Å²) in [5.41, 5.74) is 7.18. The van der Waals surface area contributed by atoms with Crippen molar-refractivity contribution in [2.24, 2.45) is 0 Å². The molecule has 78 valence electrons. The summed E-state index contributed by atoms with van der Waals surface area (Å²) in [7, 11) is 0. The Morgan fingerprint density at radius 2 is 2.36 bits per heavy atom. The molecular formula is C9H14N2O2S. The molecule has 0 aliphatic carbocycles. The van der Waals surface area contributed by atoms with Gasteiger partial charge in [0.05, 0.1) is 24.7 Å². The lowest BCUT2D eigenvalue weighted by Gasteiger charge is -2.10. The molecular weight excluding hydrogens is 200 g/mol. The summed E-state index contributed by atoms with van der Waals surface area (Å²) in [4.78, 5) is 4.08. The maximum absolute atomic E-state index is 5.77. The second-order valence-corrected chi connectivity index (χ2v) is 2.85. The summed E-state index contributed by atoms with van der Waals surface area (Å²) >= 11 is 3.95. The molecule has 1 aromatic rings. The fraction of sp³-hybridized carbons (Fsp3) is 0.444. The molecule has 0 aliphatic rings. The van der Waals surface area contributed by atoms with Gasteiger partial charge in [-0.1, -0.05) is 0 Å². The van der Waals surface area contributed by atoms with E-state index in [1.54, 1.807) is 12.3 Å². The molecule has 0 spiro atoms. The number of ether oxygens (including phenoxy) is 2. The predicted molar refractivity (Wildman–Crippen MR) is 58.5 cm³/mol. The molecule has 14 heavy (non-hydrogen) atoms. The van der Waals surface area contributed by atoms with Crippen LogP contribution in [0.15, 0.2) is 12.3 Å². The first kappa shape index (κ1) is 11.1. The Kier molecular flexibility index (Phi) is 4.55. The lowest BCUT2D eigenvalue weighted by molar-refractivity contribution is 0.166. The van der Waals surface area contributed by atoms with Crippen LogP contribution in [0.3, 0.4) is 0 Å². The highest BCUT2D eigenvalue weighted by atomic mass is 32.1. The van der Waals surface area contributed by atoms with Crippen LogP contribution in [0.1, 0.15) is 12.5 Å². The maximum atomic E-state index is 5.77. The minimum atomic E-state index is 0.347. The zero-order valence-electron chi connectivity index (χ0n) is 8.06. The van der Waals surface area contributed by atoms with E-state index in [-0.39, 0.29) is 0 Å². The normalized spacial score (nSPS) is 10.1. The topological polar surface area (TPSA) is 57.4 Å². The number of aromatic nitrogens is 1. The van der Waals surface area contributed by atoms with Crippen molar-refractivity contribution in [2.75, 3.05) is 18.3 Å². The fourth-order valence-corrected chi connectivity index (χ4v) is 1.13. The van der Waals surface area contributed by atoms with Gasteiger partial charge in [-0.3, -0.25) is 0 Å². The molecule has 0 atom stereocenters. The number of thiol groups is 1. The number of nitrogens with two attached hydrogens (primary N) is 1. The molecule has 0 saturated carbocycles. The van der Waals surface area contributed by atoms with Crippen molar-refractivity contribution in [3.05, 3.63) is 17.8 Å². The van der Waals surface area contributed by atoms with E-state index in [4.69, 9.17) is 15.2 Å². The standard InChI is InChI=1S/C9H14N2O2S/c1-2-13-9-7(5-12-6-14)8(10)3-4-11-9/h3-4,14H,2,5-6H2,1H3,(H2,10,11). The number of nitrogen functional groups attached to an aromatic ring is 1. The molecule has 4 nitrogen and oxygen atoms in total. The van der Waals surface area contributed by atoms with Crippen molar-refractivity contribution >= 4 is 18.3 Å². The van der Waals surface area contributed by atoms with Gasteiger partial charge in [0.1, 0.15) is 0 Å². The van der Waals surface area contributed by atoms with Crippen molar-refractivity contribution < 1.29 is 9.47 Å². The van der Waals surface area contributed by atoms with E-state index < -0.39 is 0 Å². The summed E-state index contributed by atoms with van der Waals surface area (Å²) in [6.07, 6.45) is 1.62. The maximum Gasteiger partial charge on any atom is 0.220 e. The van der Waals surface area contributed by atoms with Gasteiger partial charge in [-0.2, -0.15) is 12.6 Å². The number of nitrogens with zero attached hydrogens (tertiary/aromatic N) is 1. The number of rotatable bonds is 5. The molecule has 0 aliphatic heterocycles. The number of hydrogen-bond donors (Lipinski definition) is 2. The quantitative estimate of drug-likeness (QED) is 0.575. The molecule has 0 radical (unpaired) electrons. The number of hydrogen-bond acceptors (Lipinski definition) is 5. The number of anilines is 1.